The van der Waals surface area contributed by atoms with Crippen LogP contribution in [0.1, 0.15) is 21.7 Å². The summed E-state index contributed by atoms with van der Waals surface area (Å²) in [5.41, 5.74) is 1.17. The highest BCUT2D eigenvalue weighted by Crippen LogP contribution is 2.05. The quantitative estimate of drug-likeness (QED) is 0.802. The van der Waals surface area contributed by atoms with E-state index < -0.39 is 6.09 Å². The van der Waals surface area contributed by atoms with Crippen molar-refractivity contribution >= 4 is 12.0 Å². The fraction of sp³-hybridized carbons (Fsp3) is 0.333. The first-order chi connectivity index (χ1) is 9.10. The van der Waals surface area contributed by atoms with E-state index in [4.69, 9.17) is 10.00 Å². The molecule has 0 bridgehead atoms. The van der Waals surface area contributed by atoms with Gasteiger partial charge in [0.05, 0.1) is 24.3 Å². The summed E-state index contributed by atoms with van der Waals surface area (Å²) in [7, 11) is 0. The molecule has 1 aromatic heterocycles. The van der Waals surface area contributed by atoms with E-state index in [2.05, 4.69) is 15.6 Å². The van der Waals surface area contributed by atoms with E-state index in [-0.39, 0.29) is 24.2 Å². The number of nitrogens with one attached hydrogen (secondary N) is 2. The van der Waals surface area contributed by atoms with Crippen molar-refractivity contribution in [3.8, 4) is 6.07 Å². The number of rotatable bonds is 3. The first-order valence-electron chi connectivity index (χ1n) is 5.70. The van der Waals surface area contributed by atoms with E-state index in [1.54, 1.807) is 13.0 Å². The molecule has 1 saturated heterocycles. The molecule has 98 valence electrons. The van der Waals surface area contributed by atoms with Gasteiger partial charge in [0.15, 0.2) is 0 Å². The molecule has 1 aromatic rings. The second-order valence-electron chi connectivity index (χ2n) is 4.06. The van der Waals surface area contributed by atoms with Gasteiger partial charge in [0.25, 0.3) is 5.91 Å². The number of carbonyl (C=O) groups is 2. The van der Waals surface area contributed by atoms with Crippen LogP contribution in [0.5, 0.6) is 0 Å². The summed E-state index contributed by atoms with van der Waals surface area (Å²) in [5, 5.41) is 13.9. The van der Waals surface area contributed by atoms with Crippen molar-refractivity contribution in [1.82, 2.24) is 15.6 Å². The number of nitriles is 1. The van der Waals surface area contributed by atoms with E-state index in [0.717, 1.165) is 0 Å². The third-order valence-electron chi connectivity index (χ3n) is 2.68. The van der Waals surface area contributed by atoms with Crippen LogP contribution in [0.3, 0.4) is 0 Å². The van der Waals surface area contributed by atoms with Gasteiger partial charge in [0.1, 0.15) is 17.9 Å². The van der Waals surface area contributed by atoms with E-state index >= 15 is 0 Å². The molecule has 0 aromatic carbocycles. The Hall–Kier alpha value is -2.62. The van der Waals surface area contributed by atoms with Gasteiger partial charge in [-0.3, -0.25) is 4.79 Å². The van der Waals surface area contributed by atoms with Crippen LogP contribution in [0.4, 0.5) is 4.79 Å². The number of nitrogens with zero attached hydrogens (tertiary/aromatic N) is 2. The molecule has 1 aliphatic rings. The van der Waals surface area contributed by atoms with Crippen LogP contribution in [0.25, 0.3) is 0 Å². The van der Waals surface area contributed by atoms with Gasteiger partial charge in [0.2, 0.25) is 0 Å². The highest BCUT2D eigenvalue weighted by Gasteiger charge is 2.23. The normalized spacial score (nSPS) is 17.3. The molecule has 0 spiro atoms. The molecule has 2 amide bonds. The first-order valence-corrected chi connectivity index (χ1v) is 5.70. The van der Waals surface area contributed by atoms with Gasteiger partial charge >= 0.3 is 6.09 Å². The smallest absolute Gasteiger partial charge is 0.407 e. The van der Waals surface area contributed by atoms with Gasteiger partial charge in [0, 0.05) is 0 Å². The lowest BCUT2D eigenvalue weighted by atomic mass is 10.2. The molecule has 7 nitrogen and oxygen atoms in total. The number of amides is 2. The van der Waals surface area contributed by atoms with Crippen molar-refractivity contribution in [1.29, 1.82) is 5.26 Å². The lowest BCUT2D eigenvalue weighted by Crippen LogP contribution is -2.34. The van der Waals surface area contributed by atoms with Crippen LogP contribution in [0.2, 0.25) is 0 Å². The number of hydrogen-bond donors (Lipinski definition) is 2. The van der Waals surface area contributed by atoms with E-state index in [0.29, 0.717) is 17.8 Å². The maximum atomic E-state index is 11.8. The predicted octanol–water partition coefficient (Wildman–Crippen LogP) is 0.0999. The second kappa shape index (κ2) is 5.35. The Morgan fingerprint density at radius 3 is 3.05 bits per heavy atom. The Labute approximate surface area is 109 Å². The molecule has 19 heavy (non-hydrogen) atoms. The van der Waals surface area contributed by atoms with Crippen LogP contribution in [0.15, 0.2) is 12.1 Å². The van der Waals surface area contributed by atoms with Gasteiger partial charge in [-0.25, -0.2) is 9.78 Å². The van der Waals surface area contributed by atoms with E-state index in [1.165, 1.54) is 6.07 Å². The van der Waals surface area contributed by atoms with Gasteiger partial charge in [-0.05, 0) is 19.1 Å². The minimum absolute atomic E-state index is 0.221. The lowest BCUT2D eigenvalue weighted by Gasteiger charge is -2.09. The predicted molar refractivity (Wildman–Crippen MR) is 64.3 cm³/mol. The molecule has 2 heterocycles. The van der Waals surface area contributed by atoms with Gasteiger partial charge in [-0.2, -0.15) is 5.26 Å². The number of hydrogen-bond acceptors (Lipinski definition) is 5. The molecule has 1 atom stereocenters. The average Bonchev–Trinajstić information content (AvgIpc) is 2.81. The molecular weight excluding hydrogens is 248 g/mol. The minimum atomic E-state index is -0.480. The van der Waals surface area contributed by atoms with Crippen molar-refractivity contribution in [2.45, 2.75) is 13.0 Å². The standard InChI is InChI=1S/C12H12N4O3/c1-7-8(4-13)2-3-10(16-7)11(17)14-5-9-6-15-12(18)19-9/h2-3,9H,5-6H2,1H3,(H,14,17)(H,15,18). The van der Waals surface area contributed by atoms with Crippen molar-refractivity contribution < 1.29 is 14.3 Å². The Kier molecular flexibility index (Phi) is 3.61. The Morgan fingerprint density at radius 2 is 2.47 bits per heavy atom. The largest absolute Gasteiger partial charge is 0.442 e. The summed E-state index contributed by atoms with van der Waals surface area (Å²) in [6.07, 6.45) is -0.845. The van der Waals surface area contributed by atoms with Crippen LogP contribution >= 0.6 is 0 Å². The number of pyridine rings is 1. The molecule has 1 fully saturated rings. The third-order valence-corrected chi connectivity index (χ3v) is 2.68. The highest BCUT2D eigenvalue weighted by atomic mass is 16.6. The summed E-state index contributed by atoms with van der Waals surface area (Å²) in [4.78, 5) is 26.7. The maximum absolute atomic E-state index is 11.8. The van der Waals surface area contributed by atoms with Gasteiger partial charge < -0.3 is 15.4 Å². The number of aryl methyl sites for hydroxylation is 1. The number of carbonyl (C=O) groups excluding carboxylic acids is 2. The molecule has 7 heteroatoms. The average molecular weight is 260 g/mol. The first kappa shape index (κ1) is 12.8. The number of alkyl carbamates (subject to hydrolysis) is 1. The van der Waals surface area contributed by atoms with Crippen molar-refractivity contribution in [3.05, 3.63) is 29.1 Å². The zero-order valence-electron chi connectivity index (χ0n) is 10.3. The molecule has 2 rings (SSSR count). The van der Waals surface area contributed by atoms with Crippen molar-refractivity contribution in [3.63, 3.8) is 0 Å². The Balaban J connectivity index is 1.95. The summed E-state index contributed by atoms with van der Waals surface area (Å²) in [6, 6.07) is 5.02. The molecule has 0 aliphatic carbocycles. The van der Waals surface area contributed by atoms with E-state index in [9.17, 15) is 9.59 Å². The van der Waals surface area contributed by atoms with Crippen molar-refractivity contribution in [2.75, 3.05) is 13.1 Å². The third kappa shape index (κ3) is 2.98. The second-order valence-corrected chi connectivity index (χ2v) is 4.06. The zero-order chi connectivity index (χ0) is 13.8. The molecule has 2 N–H and O–H groups in total. The Morgan fingerprint density at radius 1 is 1.68 bits per heavy atom. The van der Waals surface area contributed by atoms with Crippen LogP contribution in [-0.2, 0) is 4.74 Å². The highest BCUT2D eigenvalue weighted by molar-refractivity contribution is 5.92. The summed E-state index contributed by atoms with van der Waals surface area (Å²) in [5.74, 6) is -0.365. The van der Waals surface area contributed by atoms with E-state index in [1.807, 2.05) is 6.07 Å². The van der Waals surface area contributed by atoms with Crippen molar-refractivity contribution in [2.24, 2.45) is 0 Å². The molecular formula is C12H12N4O3. The minimum Gasteiger partial charge on any atom is -0.442 e. The molecule has 1 aliphatic heterocycles. The Bertz CT molecular complexity index is 565. The topological polar surface area (TPSA) is 104 Å². The molecule has 1 unspecified atom stereocenters. The molecule has 0 saturated carbocycles. The summed E-state index contributed by atoms with van der Waals surface area (Å²) in [6.45, 7) is 2.26. The van der Waals surface area contributed by atoms with Crippen LogP contribution < -0.4 is 10.6 Å². The fourth-order valence-electron chi connectivity index (χ4n) is 1.65. The number of cyclic esters (lactones) is 1. The SMILES string of the molecule is Cc1nc(C(=O)NCC2CNC(=O)O2)ccc1C#N. The number of ether oxygens (including phenoxy) is 1. The fourth-order valence-corrected chi connectivity index (χ4v) is 1.65. The van der Waals surface area contributed by atoms with Crippen LogP contribution in [0, 0.1) is 18.3 Å². The zero-order valence-corrected chi connectivity index (χ0v) is 10.3. The van der Waals surface area contributed by atoms with Gasteiger partial charge in [-0.1, -0.05) is 0 Å². The summed E-state index contributed by atoms with van der Waals surface area (Å²) >= 11 is 0. The monoisotopic (exact) mass is 260 g/mol. The maximum Gasteiger partial charge on any atom is 0.407 e. The number of aromatic nitrogens is 1. The molecule has 0 radical (unpaired) electrons. The van der Waals surface area contributed by atoms with Crippen LogP contribution in [-0.4, -0.2) is 36.2 Å². The van der Waals surface area contributed by atoms with Gasteiger partial charge in [-0.15, -0.1) is 0 Å². The lowest BCUT2D eigenvalue weighted by molar-refractivity contribution is 0.0911. The summed E-state index contributed by atoms with van der Waals surface area (Å²) < 4.78 is 4.88.